The number of allylic oxidation sites excluding steroid dienone is 4. The predicted octanol–water partition coefficient (Wildman–Crippen LogP) is 2.49. The number of carbonyl (C=O) groups is 2. The van der Waals surface area contributed by atoms with Gasteiger partial charge in [-0.05, 0) is 55.6 Å². The first-order valence-electron chi connectivity index (χ1n) is 20.2. The predicted molar refractivity (Wildman–Crippen MR) is 209 cm³/mol. The zero-order valence-corrected chi connectivity index (χ0v) is 33.8. The van der Waals surface area contributed by atoms with Gasteiger partial charge in [0.15, 0.2) is 12.4 Å². The molecule has 0 radical (unpaired) electrons. The van der Waals surface area contributed by atoms with Crippen LogP contribution in [0.1, 0.15) is 96.3 Å². The summed E-state index contributed by atoms with van der Waals surface area (Å²) >= 11 is 0. The number of carbonyl (C=O) groups excluding carboxylic acids is 2. The fourth-order valence-corrected chi connectivity index (χ4v) is 6.69. The van der Waals surface area contributed by atoms with E-state index in [9.17, 15) is 55.5 Å². The summed E-state index contributed by atoms with van der Waals surface area (Å²) in [6.45, 7) is 6.07. The lowest BCUT2D eigenvalue weighted by Gasteiger charge is -2.47. The van der Waals surface area contributed by atoms with Crippen molar-refractivity contribution in [1.82, 2.24) is 0 Å². The van der Waals surface area contributed by atoms with Gasteiger partial charge in [0.05, 0.1) is 19.3 Å². The van der Waals surface area contributed by atoms with Gasteiger partial charge < -0.3 is 69.6 Å². The fraction of sp³-hybridized carbons (Fsp3) is 0.667. The lowest BCUT2D eigenvalue weighted by Crippen LogP contribution is -2.64. The van der Waals surface area contributed by atoms with Gasteiger partial charge in [-0.2, -0.15) is 0 Å². The molecule has 58 heavy (non-hydrogen) atoms. The largest absolute Gasteiger partial charge is 0.508 e. The highest BCUT2D eigenvalue weighted by atomic mass is 16.7. The molecule has 13 atom stereocenters. The zero-order chi connectivity index (χ0) is 42.9. The highest BCUT2D eigenvalue weighted by molar-refractivity contribution is 5.82. The lowest BCUT2D eigenvalue weighted by molar-refractivity contribution is -0.343. The molecule has 3 rings (SSSR count). The van der Waals surface area contributed by atoms with E-state index in [0.29, 0.717) is 18.8 Å². The normalized spacial score (nSPS) is 29.5. The van der Waals surface area contributed by atoms with Gasteiger partial charge in [0.1, 0.15) is 66.9 Å². The van der Waals surface area contributed by atoms with Crippen LogP contribution in [0.2, 0.25) is 0 Å². The van der Waals surface area contributed by atoms with Crippen molar-refractivity contribution in [2.24, 2.45) is 11.8 Å². The average Bonchev–Trinajstić information content (AvgIpc) is 3.20. The SMILES string of the molecule is CCCCC(=O)OCC1OC(OC2C(CO)OC(c3c(O)cc(O)cc3CO)C(O)C2OC(=O)/C=C/C=C/CC(O)C(C)CCC/C=C/C(C)CC)C(O)C(O)C1O. The Balaban J connectivity index is 1.80. The minimum Gasteiger partial charge on any atom is -0.508 e. The van der Waals surface area contributed by atoms with Crippen molar-refractivity contribution in [3.05, 3.63) is 59.7 Å². The van der Waals surface area contributed by atoms with Crippen molar-refractivity contribution in [1.29, 1.82) is 0 Å². The molecule has 328 valence electrons. The summed E-state index contributed by atoms with van der Waals surface area (Å²) < 4.78 is 28.5. The number of ether oxygens (including phenoxy) is 5. The Morgan fingerprint density at radius 3 is 2.31 bits per heavy atom. The Labute approximate surface area is 340 Å². The van der Waals surface area contributed by atoms with Crippen LogP contribution in [-0.2, 0) is 39.9 Å². The Morgan fingerprint density at radius 1 is 0.897 bits per heavy atom. The molecule has 2 aliphatic heterocycles. The summed E-state index contributed by atoms with van der Waals surface area (Å²) in [4.78, 5) is 25.4. The second-order valence-corrected chi connectivity index (χ2v) is 15.1. The molecule has 9 N–H and O–H groups in total. The molecule has 13 unspecified atom stereocenters. The average molecular weight is 825 g/mol. The van der Waals surface area contributed by atoms with Gasteiger partial charge in [-0.15, -0.1) is 0 Å². The van der Waals surface area contributed by atoms with Gasteiger partial charge in [-0.25, -0.2) is 4.79 Å². The summed E-state index contributed by atoms with van der Waals surface area (Å²) in [5, 5.41) is 95.7. The number of unbranched alkanes of at least 4 members (excludes halogenated alkanes) is 2. The third-order valence-electron chi connectivity index (χ3n) is 10.5. The van der Waals surface area contributed by atoms with E-state index >= 15 is 0 Å². The molecule has 1 aromatic rings. The Bertz CT molecular complexity index is 1500. The zero-order valence-electron chi connectivity index (χ0n) is 33.8. The smallest absolute Gasteiger partial charge is 0.331 e. The van der Waals surface area contributed by atoms with E-state index in [1.807, 2.05) is 13.8 Å². The number of aromatic hydroxyl groups is 2. The van der Waals surface area contributed by atoms with Crippen LogP contribution >= 0.6 is 0 Å². The van der Waals surface area contributed by atoms with Crippen LogP contribution in [0.5, 0.6) is 11.5 Å². The van der Waals surface area contributed by atoms with Crippen LogP contribution in [-0.4, -0.2) is 132 Å². The molecular formula is C42H64O16. The molecule has 2 aliphatic rings. The molecule has 0 aromatic heterocycles. The van der Waals surface area contributed by atoms with Crippen molar-refractivity contribution in [2.45, 2.75) is 153 Å². The van der Waals surface area contributed by atoms with Crippen LogP contribution in [0, 0.1) is 11.8 Å². The highest BCUT2D eigenvalue weighted by Gasteiger charge is 2.53. The third-order valence-corrected chi connectivity index (χ3v) is 10.5. The molecular weight excluding hydrogens is 760 g/mol. The van der Waals surface area contributed by atoms with Gasteiger partial charge in [0.2, 0.25) is 0 Å². The van der Waals surface area contributed by atoms with E-state index in [-0.39, 0.29) is 23.5 Å². The molecule has 2 saturated heterocycles. The Hall–Kier alpha value is -3.42. The summed E-state index contributed by atoms with van der Waals surface area (Å²) in [7, 11) is 0. The standard InChI is InChI=1S/C42H64O16/c1-5-7-17-32(48)54-23-31-35(50)36(51)37(52)42(56-31)58-39-30(22-44)55-40(34-26(21-43)19-27(45)20-29(34)47)38(53)41(39)57-33(49)18-13-9-12-16-28(46)25(4)15-11-8-10-14-24(3)6-2/h9-10,12-14,18-20,24-25,28,30-31,35-47,50-53H,5-8,11,15-17,21-23H2,1-4H3/b12-9+,14-10+,18-13+. The fourth-order valence-electron chi connectivity index (χ4n) is 6.69. The molecule has 0 spiro atoms. The molecule has 2 fully saturated rings. The van der Waals surface area contributed by atoms with E-state index in [1.165, 1.54) is 12.2 Å². The number of aliphatic hydroxyl groups excluding tert-OH is 7. The molecule has 2 heterocycles. The number of phenols is 2. The van der Waals surface area contributed by atoms with Crippen molar-refractivity contribution >= 4 is 11.9 Å². The number of hydrogen-bond acceptors (Lipinski definition) is 16. The molecule has 16 heteroatoms. The van der Waals surface area contributed by atoms with Gasteiger partial charge in [-0.3, -0.25) is 4.79 Å². The maximum Gasteiger partial charge on any atom is 0.331 e. The third kappa shape index (κ3) is 14.1. The maximum absolute atomic E-state index is 13.2. The molecule has 0 saturated carbocycles. The van der Waals surface area contributed by atoms with Gasteiger partial charge >= 0.3 is 11.9 Å². The minimum atomic E-state index is -1.93. The monoisotopic (exact) mass is 824 g/mol. The molecule has 16 nitrogen and oxygen atoms in total. The van der Waals surface area contributed by atoms with Crippen molar-refractivity contribution < 1.29 is 79.2 Å². The van der Waals surface area contributed by atoms with Crippen LogP contribution in [0.15, 0.2) is 48.6 Å². The van der Waals surface area contributed by atoms with E-state index < -0.39 is 111 Å². The number of esters is 2. The Kier molecular flexibility index (Phi) is 20.8. The Morgan fingerprint density at radius 2 is 1.64 bits per heavy atom. The maximum atomic E-state index is 13.2. The molecule has 0 amide bonds. The van der Waals surface area contributed by atoms with Crippen molar-refractivity contribution in [3.63, 3.8) is 0 Å². The van der Waals surface area contributed by atoms with E-state index in [4.69, 9.17) is 23.7 Å². The number of hydrogen-bond donors (Lipinski definition) is 9. The second kappa shape index (κ2) is 24.6. The number of aliphatic hydroxyl groups is 7. The minimum absolute atomic E-state index is 0.0430. The first-order valence-corrected chi connectivity index (χ1v) is 20.2. The van der Waals surface area contributed by atoms with Crippen molar-refractivity contribution in [3.8, 4) is 11.5 Å². The van der Waals surface area contributed by atoms with Crippen LogP contribution in [0.4, 0.5) is 0 Å². The number of benzene rings is 1. The quantitative estimate of drug-likeness (QED) is 0.0267. The number of phenolic OH excluding ortho intramolecular Hbond substituents is 2. The second-order valence-electron chi connectivity index (χ2n) is 15.1. The van der Waals surface area contributed by atoms with Gasteiger partial charge in [-0.1, -0.05) is 70.9 Å². The molecule has 1 aromatic carbocycles. The van der Waals surface area contributed by atoms with Crippen LogP contribution < -0.4 is 0 Å². The van der Waals surface area contributed by atoms with Gasteiger partial charge in [0.25, 0.3) is 0 Å². The van der Waals surface area contributed by atoms with E-state index in [1.54, 1.807) is 6.08 Å². The van der Waals surface area contributed by atoms with E-state index in [2.05, 4.69) is 26.0 Å². The van der Waals surface area contributed by atoms with Gasteiger partial charge in [0, 0.05) is 24.1 Å². The van der Waals surface area contributed by atoms with Crippen LogP contribution in [0.3, 0.4) is 0 Å². The first kappa shape index (κ1) is 48.9. The molecule has 0 aliphatic carbocycles. The first-order chi connectivity index (χ1) is 27.7. The van der Waals surface area contributed by atoms with Crippen molar-refractivity contribution in [2.75, 3.05) is 13.2 Å². The van der Waals surface area contributed by atoms with E-state index in [0.717, 1.165) is 50.3 Å². The molecule has 0 bridgehead atoms. The van der Waals surface area contributed by atoms with Crippen LogP contribution in [0.25, 0.3) is 0 Å². The summed E-state index contributed by atoms with van der Waals surface area (Å²) in [6, 6.07) is 2.06. The summed E-state index contributed by atoms with van der Waals surface area (Å²) in [6.07, 6.45) is -2.17. The highest BCUT2D eigenvalue weighted by Crippen LogP contribution is 2.42. The summed E-state index contributed by atoms with van der Waals surface area (Å²) in [5.74, 6) is -2.00. The number of rotatable bonds is 22. The lowest BCUT2D eigenvalue weighted by atomic mass is 9.88. The summed E-state index contributed by atoms with van der Waals surface area (Å²) in [5.41, 5.74) is -0.237. The topological polar surface area (TPSA) is 262 Å².